The number of carbonyl (C=O) groups excluding carboxylic acids is 1. The molecule has 2 aliphatic heterocycles. The van der Waals surface area contributed by atoms with E-state index in [9.17, 15) is 13.2 Å². The number of likely N-dealkylation sites (tertiary alicyclic amines) is 1. The molecule has 3 aromatic rings. The molecule has 2 aromatic carbocycles. The number of halogens is 1. The van der Waals surface area contributed by atoms with Crippen molar-refractivity contribution in [2.24, 2.45) is 5.92 Å². The lowest BCUT2D eigenvalue weighted by molar-refractivity contribution is -0.136. The number of amides is 1. The van der Waals surface area contributed by atoms with Crippen LogP contribution in [0.25, 0.3) is 11.0 Å². The van der Waals surface area contributed by atoms with E-state index >= 15 is 0 Å². The summed E-state index contributed by atoms with van der Waals surface area (Å²) >= 11 is 6.12. The van der Waals surface area contributed by atoms with Gasteiger partial charge in [-0.1, -0.05) is 23.7 Å². The molecule has 0 bridgehead atoms. The van der Waals surface area contributed by atoms with Crippen LogP contribution in [0.2, 0.25) is 5.02 Å². The second-order valence-electron chi connectivity index (χ2n) is 9.91. The van der Waals surface area contributed by atoms with Crippen molar-refractivity contribution in [2.45, 2.75) is 45.2 Å². The van der Waals surface area contributed by atoms with E-state index in [1.165, 1.54) is 0 Å². The number of nitrogens with zero attached hydrogens (tertiary/aromatic N) is 3. The third-order valence-electron chi connectivity index (χ3n) is 7.71. The van der Waals surface area contributed by atoms with Gasteiger partial charge in [0.2, 0.25) is 15.9 Å². The Morgan fingerprint density at radius 3 is 2.67 bits per heavy atom. The molecule has 2 fully saturated rings. The van der Waals surface area contributed by atoms with Crippen molar-refractivity contribution in [1.82, 2.24) is 19.8 Å². The van der Waals surface area contributed by atoms with Crippen LogP contribution in [0.4, 0.5) is 5.69 Å². The van der Waals surface area contributed by atoms with Gasteiger partial charge in [-0.15, -0.1) is 0 Å². The van der Waals surface area contributed by atoms with Crippen LogP contribution in [0.3, 0.4) is 0 Å². The van der Waals surface area contributed by atoms with Gasteiger partial charge in [0.15, 0.2) is 0 Å². The second-order valence-corrected chi connectivity index (χ2v) is 12.4. The van der Waals surface area contributed by atoms with Crippen LogP contribution in [-0.4, -0.2) is 60.7 Å². The van der Waals surface area contributed by atoms with E-state index in [0.29, 0.717) is 22.8 Å². The summed E-state index contributed by atoms with van der Waals surface area (Å²) in [5.41, 5.74) is 4.06. The maximum absolute atomic E-state index is 12.8. The summed E-state index contributed by atoms with van der Waals surface area (Å²) < 4.78 is 30.2. The van der Waals surface area contributed by atoms with Crippen LogP contribution in [0.15, 0.2) is 36.4 Å². The Kier molecular flexibility index (Phi) is 6.51. The molecule has 0 spiro atoms. The Bertz CT molecular complexity index is 1420. The van der Waals surface area contributed by atoms with Gasteiger partial charge in [-0.05, 0) is 75.0 Å². The standard InChI is InChI=1S/C26H32ClN5O3S/c1-5-36(34,35)30-22-12-18(21-14-31(4)26(33)24-20(21)10-11-28-24)13-23-25(22)29-16(3)32(23)15(2)17-6-8-19(27)9-7-17/h6-9,12-13,15,20-21,24,28,30H,5,10-11,14H2,1-4H3. The number of aromatic nitrogens is 2. The van der Waals surface area contributed by atoms with Crippen molar-refractivity contribution < 1.29 is 13.2 Å². The van der Waals surface area contributed by atoms with Gasteiger partial charge in [0, 0.05) is 24.5 Å². The lowest BCUT2D eigenvalue weighted by atomic mass is 9.77. The van der Waals surface area contributed by atoms with Crippen molar-refractivity contribution in [3.63, 3.8) is 0 Å². The van der Waals surface area contributed by atoms with Crippen LogP contribution in [-0.2, 0) is 14.8 Å². The zero-order valence-corrected chi connectivity index (χ0v) is 22.5. The zero-order valence-electron chi connectivity index (χ0n) is 21.0. The number of hydrogen-bond donors (Lipinski definition) is 2. The molecule has 5 rings (SSSR count). The summed E-state index contributed by atoms with van der Waals surface area (Å²) in [5, 5.41) is 4.04. The van der Waals surface area contributed by atoms with E-state index in [0.717, 1.165) is 35.4 Å². The lowest BCUT2D eigenvalue weighted by Gasteiger charge is -2.39. The van der Waals surface area contributed by atoms with Gasteiger partial charge in [0.1, 0.15) is 11.3 Å². The van der Waals surface area contributed by atoms with Crippen molar-refractivity contribution in [3.8, 4) is 0 Å². The Morgan fingerprint density at radius 2 is 1.97 bits per heavy atom. The first-order chi connectivity index (χ1) is 17.1. The first-order valence-corrected chi connectivity index (χ1v) is 14.4. The Morgan fingerprint density at radius 1 is 1.25 bits per heavy atom. The van der Waals surface area contributed by atoms with Gasteiger partial charge in [-0.25, -0.2) is 13.4 Å². The molecule has 10 heteroatoms. The first kappa shape index (κ1) is 25.0. The molecule has 2 aliphatic rings. The molecule has 192 valence electrons. The summed E-state index contributed by atoms with van der Waals surface area (Å²) in [6, 6.07) is 11.5. The molecule has 3 heterocycles. The number of rotatable bonds is 6. The molecule has 1 amide bonds. The molecule has 4 unspecified atom stereocenters. The number of nitrogens with one attached hydrogen (secondary N) is 2. The molecule has 4 atom stereocenters. The van der Waals surface area contributed by atoms with Crippen LogP contribution < -0.4 is 10.0 Å². The van der Waals surface area contributed by atoms with E-state index < -0.39 is 10.0 Å². The predicted octanol–water partition coefficient (Wildman–Crippen LogP) is 3.90. The van der Waals surface area contributed by atoms with Crippen LogP contribution >= 0.6 is 11.6 Å². The van der Waals surface area contributed by atoms with Crippen molar-refractivity contribution >= 4 is 44.3 Å². The topological polar surface area (TPSA) is 96.3 Å². The number of aryl methyl sites for hydroxylation is 1. The number of anilines is 1. The average molecular weight is 530 g/mol. The molecule has 0 saturated carbocycles. The van der Waals surface area contributed by atoms with Crippen LogP contribution in [0.5, 0.6) is 0 Å². The van der Waals surface area contributed by atoms with E-state index in [1.54, 1.807) is 11.8 Å². The van der Waals surface area contributed by atoms with Gasteiger partial charge >= 0.3 is 0 Å². The monoisotopic (exact) mass is 529 g/mol. The quantitative estimate of drug-likeness (QED) is 0.505. The molecule has 2 N–H and O–H groups in total. The Hall–Kier alpha value is -2.62. The number of carbonyl (C=O) groups is 1. The van der Waals surface area contributed by atoms with Crippen LogP contribution in [0.1, 0.15) is 49.2 Å². The lowest BCUT2D eigenvalue weighted by Crippen LogP contribution is -2.52. The Labute approximate surface area is 217 Å². The maximum atomic E-state index is 12.8. The van der Waals surface area contributed by atoms with Crippen molar-refractivity contribution in [1.29, 1.82) is 0 Å². The highest BCUT2D eigenvalue weighted by Crippen LogP contribution is 2.41. The van der Waals surface area contributed by atoms with Crippen molar-refractivity contribution in [3.05, 3.63) is 58.4 Å². The average Bonchev–Trinajstić information content (AvgIpc) is 3.46. The minimum Gasteiger partial charge on any atom is -0.344 e. The third-order valence-corrected chi connectivity index (χ3v) is 9.25. The third kappa shape index (κ3) is 4.37. The van der Waals surface area contributed by atoms with Gasteiger partial charge < -0.3 is 14.8 Å². The van der Waals surface area contributed by atoms with Gasteiger partial charge in [-0.3, -0.25) is 9.52 Å². The summed E-state index contributed by atoms with van der Waals surface area (Å²) in [6.07, 6.45) is 0.905. The van der Waals surface area contributed by atoms with E-state index in [2.05, 4.69) is 27.6 Å². The fourth-order valence-electron chi connectivity index (χ4n) is 5.78. The number of imidazole rings is 1. The second kappa shape index (κ2) is 9.36. The molecular formula is C26H32ClN5O3S. The number of piperidine rings is 1. The summed E-state index contributed by atoms with van der Waals surface area (Å²) in [7, 11) is -1.68. The maximum Gasteiger partial charge on any atom is 0.239 e. The molecule has 8 nitrogen and oxygen atoms in total. The normalized spacial score (nSPS) is 23.2. The fourth-order valence-corrected chi connectivity index (χ4v) is 6.54. The first-order valence-electron chi connectivity index (χ1n) is 12.4. The highest BCUT2D eigenvalue weighted by Gasteiger charge is 2.44. The number of sulfonamides is 1. The highest BCUT2D eigenvalue weighted by atomic mass is 35.5. The summed E-state index contributed by atoms with van der Waals surface area (Å²) in [4.78, 5) is 19.4. The zero-order chi connectivity index (χ0) is 25.8. The van der Waals surface area contributed by atoms with E-state index in [1.807, 2.05) is 44.3 Å². The number of hydrogen-bond acceptors (Lipinski definition) is 5. The predicted molar refractivity (Wildman–Crippen MR) is 143 cm³/mol. The molecular weight excluding hydrogens is 498 g/mol. The molecule has 0 aliphatic carbocycles. The smallest absolute Gasteiger partial charge is 0.239 e. The van der Waals surface area contributed by atoms with Crippen LogP contribution in [0, 0.1) is 12.8 Å². The van der Waals surface area contributed by atoms with E-state index in [-0.39, 0.29) is 35.6 Å². The van der Waals surface area contributed by atoms with Gasteiger partial charge in [0.25, 0.3) is 0 Å². The molecule has 1 aromatic heterocycles. The summed E-state index contributed by atoms with van der Waals surface area (Å²) in [5.74, 6) is 1.12. The van der Waals surface area contributed by atoms with E-state index in [4.69, 9.17) is 16.6 Å². The molecule has 36 heavy (non-hydrogen) atoms. The SMILES string of the molecule is CCS(=O)(=O)Nc1cc(C2CN(C)C(=O)C3NCCC32)cc2c1nc(C)n2C(C)c1ccc(Cl)cc1. The Balaban J connectivity index is 1.68. The highest BCUT2D eigenvalue weighted by molar-refractivity contribution is 7.92. The summed E-state index contributed by atoms with van der Waals surface area (Å²) in [6.45, 7) is 7.05. The minimum absolute atomic E-state index is 0.0329. The largest absolute Gasteiger partial charge is 0.344 e. The van der Waals surface area contributed by atoms with Gasteiger partial charge in [0.05, 0.1) is 29.0 Å². The molecule has 2 saturated heterocycles. The van der Waals surface area contributed by atoms with Gasteiger partial charge in [-0.2, -0.15) is 0 Å². The number of benzene rings is 2. The minimum atomic E-state index is -3.52. The fraction of sp³-hybridized carbons (Fsp3) is 0.462. The molecule has 0 radical (unpaired) electrons. The number of fused-ring (bicyclic) bond motifs is 2. The number of likely N-dealkylation sites (N-methyl/N-ethyl adjacent to an activating group) is 1. The van der Waals surface area contributed by atoms with Crippen molar-refractivity contribution in [2.75, 3.05) is 30.6 Å².